The van der Waals surface area contributed by atoms with Crippen LogP contribution in [0.15, 0.2) is 57.5 Å². The second-order valence-electron chi connectivity index (χ2n) is 4.66. The van der Waals surface area contributed by atoms with Gasteiger partial charge in [0.15, 0.2) is 11.7 Å². The molecule has 110 valence electrons. The Hall–Kier alpha value is -1.62. The van der Waals surface area contributed by atoms with Gasteiger partial charge in [0.1, 0.15) is 0 Å². The number of benzene rings is 2. The molecule has 0 saturated heterocycles. The summed E-state index contributed by atoms with van der Waals surface area (Å²) in [5.41, 5.74) is 1.13. The largest absolute Gasteiger partial charge is 0.298 e. The molecule has 0 unspecified atom stereocenters. The summed E-state index contributed by atoms with van der Waals surface area (Å²) >= 11 is 8.90. The highest BCUT2D eigenvalue weighted by Gasteiger charge is 2.13. The van der Waals surface area contributed by atoms with E-state index in [1.165, 1.54) is 23.1 Å². The summed E-state index contributed by atoms with van der Waals surface area (Å²) in [6.07, 6.45) is 0.645. The highest BCUT2D eigenvalue weighted by Crippen LogP contribution is 2.33. The molecule has 0 atom stereocenters. The normalized spacial score (nSPS) is 10.8. The third-order valence-electron chi connectivity index (χ3n) is 3.18. The van der Waals surface area contributed by atoms with Crippen molar-refractivity contribution in [3.05, 3.63) is 74.9 Å². The van der Waals surface area contributed by atoms with Crippen molar-refractivity contribution in [2.45, 2.75) is 9.96 Å². The van der Waals surface area contributed by atoms with Crippen molar-refractivity contribution < 1.29 is 4.79 Å². The van der Waals surface area contributed by atoms with Crippen molar-refractivity contribution in [1.29, 1.82) is 0 Å². The lowest BCUT2D eigenvalue weighted by atomic mass is 10.2. The van der Waals surface area contributed by atoms with Gasteiger partial charge in [0.05, 0.1) is 9.77 Å². The summed E-state index contributed by atoms with van der Waals surface area (Å²) < 4.78 is 1.59. The number of hydrogen-bond acceptors (Lipinski definition) is 4. The smallest absolute Gasteiger partial charge is 0.199 e. The van der Waals surface area contributed by atoms with Gasteiger partial charge in [-0.15, -0.1) is 23.1 Å². The summed E-state index contributed by atoms with van der Waals surface area (Å²) in [5.74, 6) is 0.719. The quantitative estimate of drug-likeness (QED) is 0.491. The SMILES string of the molecule is O=Cc1c(SCc2ccccc2)sc2ccc(Cl)cc2c1=O. The number of carbonyl (C=O) groups excluding carboxylic acids is 1. The van der Waals surface area contributed by atoms with Gasteiger partial charge in [-0.2, -0.15) is 0 Å². The molecular weight excluding hydrogens is 336 g/mol. The lowest BCUT2D eigenvalue weighted by Gasteiger charge is -2.06. The minimum absolute atomic E-state index is 0.223. The summed E-state index contributed by atoms with van der Waals surface area (Å²) in [6, 6.07) is 15.2. The molecule has 0 amide bonds. The minimum atomic E-state index is -0.248. The van der Waals surface area contributed by atoms with E-state index in [0.717, 1.165) is 20.2 Å². The molecule has 0 N–H and O–H groups in total. The van der Waals surface area contributed by atoms with Crippen LogP contribution in [0.4, 0.5) is 0 Å². The average molecular weight is 347 g/mol. The van der Waals surface area contributed by atoms with Gasteiger partial charge in [0.25, 0.3) is 0 Å². The molecule has 1 heterocycles. The third-order valence-corrected chi connectivity index (χ3v) is 5.96. The van der Waals surface area contributed by atoms with E-state index in [2.05, 4.69) is 0 Å². The Bertz CT molecular complexity index is 888. The van der Waals surface area contributed by atoms with Crippen LogP contribution in [0.2, 0.25) is 5.02 Å². The van der Waals surface area contributed by atoms with Crippen LogP contribution in [-0.4, -0.2) is 6.29 Å². The molecule has 22 heavy (non-hydrogen) atoms. The fourth-order valence-electron chi connectivity index (χ4n) is 2.09. The van der Waals surface area contributed by atoms with Crippen molar-refractivity contribution in [2.24, 2.45) is 0 Å². The van der Waals surface area contributed by atoms with Gasteiger partial charge >= 0.3 is 0 Å². The fraction of sp³-hybridized carbons (Fsp3) is 0.0588. The summed E-state index contributed by atoms with van der Waals surface area (Å²) in [6.45, 7) is 0. The zero-order valence-electron chi connectivity index (χ0n) is 11.4. The molecule has 0 radical (unpaired) electrons. The van der Waals surface area contributed by atoms with E-state index in [1.54, 1.807) is 12.1 Å². The maximum Gasteiger partial charge on any atom is 0.199 e. The van der Waals surface area contributed by atoms with E-state index in [-0.39, 0.29) is 11.0 Å². The summed E-state index contributed by atoms with van der Waals surface area (Å²) in [5, 5.41) is 1.00. The van der Waals surface area contributed by atoms with Crippen LogP contribution >= 0.6 is 34.7 Å². The van der Waals surface area contributed by atoms with Gasteiger partial charge in [-0.3, -0.25) is 9.59 Å². The van der Waals surface area contributed by atoms with Crippen molar-refractivity contribution in [1.82, 2.24) is 0 Å². The lowest BCUT2D eigenvalue weighted by Crippen LogP contribution is -2.08. The zero-order chi connectivity index (χ0) is 15.5. The van der Waals surface area contributed by atoms with Gasteiger partial charge in [-0.1, -0.05) is 41.9 Å². The predicted octanol–water partition coefficient (Wildman–Crippen LogP) is 5.02. The van der Waals surface area contributed by atoms with Crippen LogP contribution in [0.25, 0.3) is 10.1 Å². The molecule has 3 aromatic rings. The molecule has 1 aromatic heterocycles. The first-order chi connectivity index (χ1) is 10.7. The molecular formula is C17H11ClO2S2. The van der Waals surface area contributed by atoms with E-state index in [1.807, 2.05) is 36.4 Å². The molecule has 0 aliphatic heterocycles. The van der Waals surface area contributed by atoms with Gasteiger partial charge < -0.3 is 0 Å². The first-order valence-corrected chi connectivity index (χ1v) is 8.75. The second kappa shape index (κ2) is 6.65. The predicted molar refractivity (Wildman–Crippen MR) is 94.5 cm³/mol. The van der Waals surface area contributed by atoms with Gasteiger partial charge in [0, 0.05) is 20.9 Å². The molecule has 5 heteroatoms. The molecule has 0 aliphatic rings. The van der Waals surface area contributed by atoms with Crippen LogP contribution in [-0.2, 0) is 5.75 Å². The number of thioether (sulfide) groups is 1. The average Bonchev–Trinajstić information content (AvgIpc) is 2.55. The molecule has 3 rings (SSSR count). The van der Waals surface area contributed by atoms with Crippen molar-refractivity contribution in [3.63, 3.8) is 0 Å². The molecule has 2 aromatic carbocycles. The Morgan fingerprint density at radius 1 is 1.14 bits per heavy atom. The topological polar surface area (TPSA) is 34.1 Å². The van der Waals surface area contributed by atoms with Crippen molar-refractivity contribution in [2.75, 3.05) is 0 Å². The van der Waals surface area contributed by atoms with Crippen molar-refractivity contribution in [3.8, 4) is 0 Å². The van der Waals surface area contributed by atoms with Crippen LogP contribution < -0.4 is 5.43 Å². The van der Waals surface area contributed by atoms with Crippen LogP contribution in [0.3, 0.4) is 0 Å². The van der Waals surface area contributed by atoms with E-state index < -0.39 is 0 Å². The highest BCUT2D eigenvalue weighted by atomic mass is 35.5. The number of hydrogen-bond donors (Lipinski definition) is 0. The van der Waals surface area contributed by atoms with Gasteiger partial charge in [-0.05, 0) is 23.8 Å². The minimum Gasteiger partial charge on any atom is -0.298 e. The number of carbonyl (C=O) groups is 1. The molecule has 0 fully saturated rings. The molecule has 0 saturated carbocycles. The van der Waals surface area contributed by atoms with Crippen LogP contribution in [0.5, 0.6) is 0 Å². The first kappa shape index (κ1) is 15.3. The molecule has 0 spiro atoms. The Morgan fingerprint density at radius 3 is 2.64 bits per heavy atom. The number of fused-ring (bicyclic) bond motifs is 1. The molecule has 2 nitrogen and oxygen atoms in total. The van der Waals surface area contributed by atoms with E-state index in [4.69, 9.17) is 11.6 Å². The Labute approximate surface area is 140 Å². The number of aldehydes is 1. The third kappa shape index (κ3) is 3.09. The lowest BCUT2D eigenvalue weighted by molar-refractivity contribution is 0.112. The first-order valence-electron chi connectivity index (χ1n) is 6.57. The maximum atomic E-state index is 12.4. The number of rotatable bonds is 4. The van der Waals surface area contributed by atoms with E-state index >= 15 is 0 Å². The van der Waals surface area contributed by atoms with Crippen molar-refractivity contribution >= 4 is 51.1 Å². The number of halogens is 1. The Balaban J connectivity index is 2.03. The van der Waals surface area contributed by atoms with Crippen LogP contribution in [0.1, 0.15) is 15.9 Å². The second-order valence-corrected chi connectivity index (χ2v) is 7.40. The maximum absolute atomic E-state index is 12.4. The summed E-state index contributed by atoms with van der Waals surface area (Å²) in [7, 11) is 0. The fourth-order valence-corrected chi connectivity index (χ4v) is 4.58. The van der Waals surface area contributed by atoms with E-state index in [0.29, 0.717) is 16.7 Å². The van der Waals surface area contributed by atoms with Gasteiger partial charge in [0.2, 0.25) is 0 Å². The zero-order valence-corrected chi connectivity index (χ0v) is 13.8. The Morgan fingerprint density at radius 2 is 1.91 bits per heavy atom. The van der Waals surface area contributed by atoms with Crippen LogP contribution in [0, 0.1) is 0 Å². The molecule has 0 aliphatic carbocycles. The summed E-state index contributed by atoms with van der Waals surface area (Å²) in [4.78, 5) is 23.8. The molecule has 0 bridgehead atoms. The monoisotopic (exact) mass is 346 g/mol. The standard InChI is InChI=1S/C17H11ClO2S2/c18-12-6-7-15-13(8-12)16(20)14(9-19)17(22-15)21-10-11-4-2-1-3-5-11/h1-9H,10H2. The Kier molecular flexibility index (Phi) is 4.62. The highest BCUT2D eigenvalue weighted by molar-refractivity contribution is 8.00. The van der Waals surface area contributed by atoms with Gasteiger partial charge in [-0.25, -0.2) is 0 Å². The van der Waals surface area contributed by atoms with E-state index in [9.17, 15) is 9.59 Å².